The van der Waals surface area contributed by atoms with Crippen LogP contribution in [0.3, 0.4) is 0 Å². The molecule has 1 aromatic heterocycles. The molecule has 0 amide bonds. The van der Waals surface area contributed by atoms with Crippen LogP contribution in [0.15, 0.2) is 30.5 Å². The maximum atomic E-state index is 12.2. The summed E-state index contributed by atoms with van der Waals surface area (Å²) < 4.78 is 41.9. The number of benzene rings is 1. The van der Waals surface area contributed by atoms with Crippen LogP contribution in [-0.2, 0) is 13.2 Å². The van der Waals surface area contributed by atoms with Gasteiger partial charge in [0.05, 0.1) is 19.3 Å². The number of aliphatic hydroxyl groups is 1. The third kappa shape index (κ3) is 3.68. The van der Waals surface area contributed by atoms with E-state index < -0.39 is 6.36 Å². The van der Waals surface area contributed by atoms with Crippen LogP contribution in [0, 0.1) is 0 Å². The fourth-order valence-electron chi connectivity index (χ4n) is 1.52. The van der Waals surface area contributed by atoms with Crippen molar-refractivity contribution in [1.82, 2.24) is 15.0 Å². The number of hydrogen-bond donors (Lipinski definition) is 1. The van der Waals surface area contributed by atoms with E-state index in [1.54, 1.807) is 6.07 Å². The first-order valence-corrected chi connectivity index (χ1v) is 5.31. The molecule has 0 radical (unpaired) electrons. The van der Waals surface area contributed by atoms with Gasteiger partial charge in [0.1, 0.15) is 11.4 Å². The van der Waals surface area contributed by atoms with Gasteiger partial charge in [-0.1, -0.05) is 23.4 Å². The molecule has 0 spiro atoms. The minimum Gasteiger partial charge on any atom is -0.405 e. The number of nitrogens with zero attached hydrogens (tertiary/aromatic N) is 3. The molecule has 0 saturated carbocycles. The second kappa shape index (κ2) is 5.27. The Balaban J connectivity index is 2.20. The number of aromatic nitrogens is 3. The summed E-state index contributed by atoms with van der Waals surface area (Å²) in [7, 11) is 0. The summed E-state index contributed by atoms with van der Waals surface area (Å²) >= 11 is 0. The summed E-state index contributed by atoms with van der Waals surface area (Å²) in [4.78, 5) is 0. The molecule has 1 heterocycles. The fourth-order valence-corrected chi connectivity index (χ4v) is 1.52. The maximum absolute atomic E-state index is 12.2. The summed E-state index contributed by atoms with van der Waals surface area (Å²) in [5.41, 5.74) is 0.656. The molecule has 0 aliphatic carbocycles. The molecule has 0 unspecified atom stereocenters. The number of hydrogen-bond acceptors (Lipinski definition) is 4. The SMILES string of the molecule is OCc1cn(Cc2ccccc2OC(F)(F)F)nn1. The third-order valence-corrected chi connectivity index (χ3v) is 2.28. The molecule has 0 atom stereocenters. The second-order valence-corrected chi connectivity index (χ2v) is 3.72. The Morgan fingerprint density at radius 2 is 2.00 bits per heavy atom. The summed E-state index contributed by atoms with van der Waals surface area (Å²) in [6.45, 7) is -0.208. The average Bonchev–Trinajstić information content (AvgIpc) is 2.78. The Hall–Kier alpha value is -2.09. The van der Waals surface area contributed by atoms with Gasteiger partial charge in [-0.25, -0.2) is 4.68 Å². The zero-order valence-corrected chi connectivity index (χ0v) is 9.63. The van der Waals surface area contributed by atoms with Crippen molar-refractivity contribution in [3.8, 4) is 5.75 Å². The normalized spacial score (nSPS) is 11.6. The molecule has 1 aromatic carbocycles. The lowest BCUT2D eigenvalue weighted by atomic mass is 10.2. The van der Waals surface area contributed by atoms with Crippen molar-refractivity contribution in [3.05, 3.63) is 41.7 Å². The number of rotatable bonds is 4. The Labute approximate surface area is 106 Å². The van der Waals surface area contributed by atoms with Gasteiger partial charge in [0.15, 0.2) is 0 Å². The molecule has 2 aromatic rings. The predicted molar refractivity (Wildman–Crippen MR) is 58.2 cm³/mol. The lowest BCUT2D eigenvalue weighted by molar-refractivity contribution is -0.274. The van der Waals surface area contributed by atoms with Crippen LogP contribution >= 0.6 is 0 Å². The minimum atomic E-state index is -4.74. The van der Waals surface area contributed by atoms with Crippen LogP contribution in [0.1, 0.15) is 11.3 Å². The Morgan fingerprint density at radius 1 is 1.26 bits per heavy atom. The molecule has 19 heavy (non-hydrogen) atoms. The number of para-hydroxylation sites is 1. The Kier molecular flexibility index (Phi) is 3.70. The highest BCUT2D eigenvalue weighted by atomic mass is 19.4. The van der Waals surface area contributed by atoms with E-state index in [2.05, 4.69) is 15.0 Å². The van der Waals surface area contributed by atoms with Crippen molar-refractivity contribution in [3.63, 3.8) is 0 Å². The van der Waals surface area contributed by atoms with E-state index in [1.165, 1.54) is 29.1 Å². The van der Waals surface area contributed by atoms with Crippen LogP contribution in [0.25, 0.3) is 0 Å². The molecule has 0 fully saturated rings. The molecular weight excluding hydrogens is 263 g/mol. The smallest absolute Gasteiger partial charge is 0.405 e. The standard InChI is InChI=1S/C11H10F3N3O2/c12-11(13,14)19-10-4-2-1-3-8(10)5-17-6-9(7-18)15-16-17/h1-4,6,18H,5,7H2. The maximum Gasteiger partial charge on any atom is 0.573 e. The van der Waals surface area contributed by atoms with Crippen LogP contribution < -0.4 is 4.74 Å². The highest BCUT2D eigenvalue weighted by Gasteiger charge is 2.32. The molecule has 102 valence electrons. The first-order valence-electron chi connectivity index (χ1n) is 5.31. The molecule has 1 N–H and O–H groups in total. The summed E-state index contributed by atoms with van der Waals surface area (Å²) in [6, 6.07) is 5.78. The van der Waals surface area contributed by atoms with Gasteiger partial charge < -0.3 is 9.84 Å². The van der Waals surface area contributed by atoms with Crippen LogP contribution in [0.2, 0.25) is 0 Å². The van der Waals surface area contributed by atoms with E-state index >= 15 is 0 Å². The monoisotopic (exact) mass is 273 g/mol. The molecule has 8 heteroatoms. The van der Waals surface area contributed by atoms with Gasteiger partial charge in [0.2, 0.25) is 0 Å². The second-order valence-electron chi connectivity index (χ2n) is 3.72. The quantitative estimate of drug-likeness (QED) is 0.921. The molecule has 0 aliphatic rings. The zero-order valence-electron chi connectivity index (χ0n) is 9.63. The van der Waals surface area contributed by atoms with E-state index in [0.717, 1.165) is 0 Å². The van der Waals surface area contributed by atoms with Crippen molar-refractivity contribution in [2.45, 2.75) is 19.5 Å². The molecule has 0 bridgehead atoms. The van der Waals surface area contributed by atoms with Gasteiger partial charge in [0, 0.05) is 5.56 Å². The van der Waals surface area contributed by atoms with Crippen molar-refractivity contribution in [2.24, 2.45) is 0 Å². The van der Waals surface area contributed by atoms with Crippen molar-refractivity contribution in [2.75, 3.05) is 0 Å². The van der Waals surface area contributed by atoms with Crippen LogP contribution in [0.5, 0.6) is 5.75 Å². The van der Waals surface area contributed by atoms with Crippen LogP contribution in [-0.4, -0.2) is 26.5 Å². The topological polar surface area (TPSA) is 60.2 Å². The van der Waals surface area contributed by atoms with E-state index in [0.29, 0.717) is 11.3 Å². The van der Waals surface area contributed by atoms with Gasteiger partial charge in [-0.2, -0.15) is 0 Å². The van der Waals surface area contributed by atoms with Gasteiger partial charge in [0.25, 0.3) is 0 Å². The number of ether oxygens (including phenoxy) is 1. The molecule has 2 rings (SSSR count). The van der Waals surface area contributed by atoms with Gasteiger partial charge in [-0.3, -0.25) is 0 Å². The number of aliphatic hydroxyl groups excluding tert-OH is 1. The van der Waals surface area contributed by atoms with E-state index in [1.807, 2.05) is 0 Å². The predicted octanol–water partition coefficient (Wildman–Crippen LogP) is 1.72. The van der Waals surface area contributed by atoms with E-state index in [4.69, 9.17) is 5.11 Å². The molecule has 5 nitrogen and oxygen atoms in total. The Morgan fingerprint density at radius 3 is 2.63 bits per heavy atom. The van der Waals surface area contributed by atoms with Crippen molar-refractivity contribution in [1.29, 1.82) is 0 Å². The third-order valence-electron chi connectivity index (χ3n) is 2.28. The lowest BCUT2D eigenvalue weighted by Gasteiger charge is -2.12. The average molecular weight is 273 g/mol. The lowest BCUT2D eigenvalue weighted by Crippen LogP contribution is -2.18. The number of alkyl halides is 3. The first kappa shape index (κ1) is 13.3. The minimum absolute atomic E-state index is 0.0687. The van der Waals surface area contributed by atoms with Gasteiger partial charge in [-0.05, 0) is 6.07 Å². The van der Waals surface area contributed by atoms with Gasteiger partial charge >= 0.3 is 6.36 Å². The van der Waals surface area contributed by atoms with Crippen molar-refractivity contribution < 1.29 is 23.0 Å². The van der Waals surface area contributed by atoms with E-state index in [9.17, 15) is 13.2 Å². The summed E-state index contributed by atoms with van der Waals surface area (Å²) in [6.07, 6.45) is -3.29. The molecular formula is C11H10F3N3O2. The Bertz CT molecular complexity index is 554. The fraction of sp³-hybridized carbons (Fsp3) is 0.273. The summed E-state index contributed by atoms with van der Waals surface area (Å²) in [5, 5.41) is 16.2. The summed E-state index contributed by atoms with van der Waals surface area (Å²) in [5.74, 6) is -0.281. The highest BCUT2D eigenvalue weighted by molar-refractivity contribution is 5.33. The van der Waals surface area contributed by atoms with Crippen LogP contribution in [0.4, 0.5) is 13.2 Å². The first-order chi connectivity index (χ1) is 8.98. The van der Waals surface area contributed by atoms with E-state index in [-0.39, 0.29) is 18.9 Å². The largest absolute Gasteiger partial charge is 0.573 e. The molecule has 0 saturated heterocycles. The number of halogens is 3. The zero-order chi connectivity index (χ0) is 13.9. The van der Waals surface area contributed by atoms with Gasteiger partial charge in [-0.15, -0.1) is 18.3 Å². The van der Waals surface area contributed by atoms with Crippen molar-refractivity contribution >= 4 is 0 Å². The molecule has 0 aliphatic heterocycles. The highest BCUT2D eigenvalue weighted by Crippen LogP contribution is 2.26.